The first-order chi connectivity index (χ1) is 10.3. The molecule has 0 aliphatic heterocycles. The van der Waals surface area contributed by atoms with Gasteiger partial charge in [0.2, 0.25) is 0 Å². The third kappa shape index (κ3) is 4.16. The van der Waals surface area contributed by atoms with E-state index in [0.29, 0.717) is 6.61 Å². The van der Waals surface area contributed by atoms with Crippen LogP contribution in [0.1, 0.15) is 19.5 Å². The zero-order chi connectivity index (χ0) is 15.1. The lowest BCUT2D eigenvalue weighted by Gasteiger charge is -2.18. The summed E-state index contributed by atoms with van der Waals surface area (Å²) in [6.45, 7) is 8.87. The van der Waals surface area contributed by atoms with Crippen molar-refractivity contribution in [2.24, 2.45) is 0 Å². The van der Waals surface area contributed by atoms with Crippen LogP contribution in [0.2, 0.25) is 0 Å². The molecule has 1 aromatic heterocycles. The maximum Gasteiger partial charge on any atom is 0.130 e. The lowest BCUT2D eigenvalue weighted by atomic mass is 10.2. The lowest BCUT2D eigenvalue weighted by molar-refractivity contribution is 0.224. The van der Waals surface area contributed by atoms with Gasteiger partial charge >= 0.3 is 0 Å². The van der Waals surface area contributed by atoms with Gasteiger partial charge in [-0.1, -0.05) is 26.0 Å². The molecule has 0 radical (unpaired) electrons. The van der Waals surface area contributed by atoms with Crippen LogP contribution >= 0.6 is 0 Å². The maximum absolute atomic E-state index is 6.03. The fourth-order valence-corrected chi connectivity index (χ4v) is 2.41. The van der Waals surface area contributed by atoms with Gasteiger partial charge in [0.1, 0.15) is 12.4 Å². The van der Waals surface area contributed by atoms with Crippen LogP contribution in [0.4, 0.5) is 0 Å². The Balaban J connectivity index is 2.16. The molecule has 0 aliphatic rings. The number of likely N-dealkylation sites (N-methyl/N-ethyl adjacent to an activating group) is 1. The van der Waals surface area contributed by atoms with E-state index in [1.807, 2.05) is 31.3 Å². The second kappa shape index (κ2) is 7.96. The molecule has 2 rings (SSSR count). The molecule has 0 bridgehead atoms. The van der Waals surface area contributed by atoms with Gasteiger partial charge in [0.15, 0.2) is 0 Å². The smallest absolute Gasteiger partial charge is 0.130 e. The largest absolute Gasteiger partial charge is 0.491 e. The molecule has 0 saturated heterocycles. The first-order valence-corrected chi connectivity index (χ1v) is 7.66. The highest BCUT2D eigenvalue weighted by Crippen LogP contribution is 2.25. The molecule has 1 heterocycles. The molecule has 0 atom stereocenters. The molecule has 2 aromatic rings. The number of pyridine rings is 1. The first kappa shape index (κ1) is 15.7. The number of nitrogens with one attached hydrogen (secondary N) is 1. The molecule has 1 N–H and O–H groups in total. The standard InChI is InChI=1S/C17H25N3O/c1-4-20(5-2)10-11-21-17-12-14(13-18-3)19-16-9-7-6-8-15(16)17/h6-9,12,18H,4-5,10-11,13H2,1-3H3. The summed E-state index contributed by atoms with van der Waals surface area (Å²) < 4.78 is 6.03. The van der Waals surface area contributed by atoms with Crippen molar-refractivity contribution < 1.29 is 4.74 Å². The van der Waals surface area contributed by atoms with E-state index in [-0.39, 0.29) is 0 Å². The summed E-state index contributed by atoms with van der Waals surface area (Å²) in [6.07, 6.45) is 0. The van der Waals surface area contributed by atoms with E-state index >= 15 is 0 Å². The topological polar surface area (TPSA) is 37.4 Å². The van der Waals surface area contributed by atoms with Crippen molar-refractivity contribution in [3.8, 4) is 5.75 Å². The maximum atomic E-state index is 6.03. The highest BCUT2D eigenvalue weighted by atomic mass is 16.5. The quantitative estimate of drug-likeness (QED) is 0.810. The average molecular weight is 287 g/mol. The minimum Gasteiger partial charge on any atom is -0.491 e. The van der Waals surface area contributed by atoms with Gasteiger partial charge in [-0.3, -0.25) is 4.98 Å². The monoisotopic (exact) mass is 287 g/mol. The lowest BCUT2D eigenvalue weighted by Crippen LogP contribution is -2.28. The Hall–Kier alpha value is -1.65. The van der Waals surface area contributed by atoms with Gasteiger partial charge in [0, 0.05) is 24.5 Å². The van der Waals surface area contributed by atoms with E-state index < -0.39 is 0 Å². The number of hydrogen-bond donors (Lipinski definition) is 1. The Kier molecular flexibility index (Phi) is 5.96. The van der Waals surface area contributed by atoms with Crippen molar-refractivity contribution >= 4 is 10.9 Å². The van der Waals surface area contributed by atoms with Crippen LogP contribution in [-0.4, -0.2) is 43.2 Å². The van der Waals surface area contributed by atoms with E-state index in [9.17, 15) is 0 Å². The molecule has 4 nitrogen and oxygen atoms in total. The van der Waals surface area contributed by atoms with E-state index in [4.69, 9.17) is 4.74 Å². The Morgan fingerprint density at radius 2 is 1.95 bits per heavy atom. The van der Waals surface area contributed by atoms with Crippen LogP contribution in [0, 0.1) is 0 Å². The van der Waals surface area contributed by atoms with E-state index in [1.165, 1.54) is 0 Å². The van der Waals surface area contributed by atoms with Gasteiger partial charge in [0.25, 0.3) is 0 Å². The van der Waals surface area contributed by atoms with E-state index in [1.54, 1.807) is 0 Å². The zero-order valence-corrected chi connectivity index (χ0v) is 13.2. The van der Waals surface area contributed by atoms with Crippen molar-refractivity contribution in [2.75, 3.05) is 33.3 Å². The minimum absolute atomic E-state index is 0.703. The van der Waals surface area contributed by atoms with Gasteiger partial charge in [-0.15, -0.1) is 0 Å². The van der Waals surface area contributed by atoms with Gasteiger partial charge in [-0.25, -0.2) is 0 Å². The Bertz CT molecular complexity index is 567. The summed E-state index contributed by atoms with van der Waals surface area (Å²) in [5.74, 6) is 0.929. The molecular weight excluding hydrogens is 262 g/mol. The zero-order valence-electron chi connectivity index (χ0n) is 13.2. The van der Waals surface area contributed by atoms with Gasteiger partial charge in [0.05, 0.1) is 11.2 Å². The van der Waals surface area contributed by atoms with Crippen molar-refractivity contribution in [3.63, 3.8) is 0 Å². The summed E-state index contributed by atoms with van der Waals surface area (Å²) in [5.41, 5.74) is 2.00. The van der Waals surface area contributed by atoms with Crippen molar-refractivity contribution in [2.45, 2.75) is 20.4 Å². The number of aromatic nitrogens is 1. The van der Waals surface area contributed by atoms with Crippen molar-refractivity contribution in [1.82, 2.24) is 15.2 Å². The van der Waals surface area contributed by atoms with Crippen molar-refractivity contribution in [3.05, 3.63) is 36.0 Å². The molecule has 0 aliphatic carbocycles. The highest BCUT2D eigenvalue weighted by molar-refractivity contribution is 5.85. The number of benzene rings is 1. The molecule has 1 aromatic carbocycles. The predicted octanol–water partition coefficient (Wildman–Crippen LogP) is 2.67. The summed E-state index contributed by atoms with van der Waals surface area (Å²) in [6, 6.07) is 10.2. The van der Waals surface area contributed by atoms with Crippen LogP contribution in [-0.2, 0) is 6.54 Å². The highest BCUT2D eigenvalue weighted by Gasteiger charge is 2.07. The third-order valence-corrected chi connectivity index (χ3v) is 3.65. The summed E-state index contributed by atoms with van der Waals surface area (Å²) in [4.78, 5) is 7.01. The number of para-hydroxylation sites is 1. The third-order valence-electron chi connectivity index (χ3n) is 3.65. The van der Waals surface area contributed by atoms with E-state index in [2.05, 4.69) is 35.1 Å². The second-order valence-corrected chi connectivity index (χ2v) is 5.03. The molecule has 0 unspecified atom stereocenters. The minimum atomic E-state index is 0.703. The number of ether oxygens (including phenoxy) is 1. The Labute approximate surface area is 127 Å². The van der Waals surface area contributed by atoms with E-state index in [0.717, 1.165) is 48.5 Å². The van der Waals surface area contributed by atoms with Gasteiger partial charge in [-0.2, -0.15) is 0 Å². The molecule has 0 fully saturated rings. The Morgan fingerprint density at radius 1 is 1.19 bits per heavy atom. The number of fused-ring (bicyclic) bond motifs is 1. The van der Waals surface area contributed by atoms with Gasteiger partial charge in [-0.05, 0) is 32.3 Å². The van der Waals surface area contributed by atoms with Crippen LogP contribution in [0.15, 0.2) is 30.3 Å². The second-order valence-electron chi connectivity index (χ2n) is 5.03. The summed E-state index contributed by atoms with van der Waals surface area (Å²) in [5, 5.41) is 4.22. The van der Waals surface area contributed by atoms with Gasteiger partial charge < -0.3 is 15.0 Å². The van der Waals surface area contributed by atoms with Crippen LogP contribution in [0.3, 0.4) is 0 Å². The number of hydrogen-bond acceptors (Lipinski definition) is 4. The number of nitrogens with zero attached hydrogens (tertiary/aromatic N) is 2. The van der Waals surface area contributed by atoms with Crippen LogP contribution < -0.4 is 10.1 Å². The number of rotatable bonds is 8. The summed E-state index contributed by atoms with van der Waals surface area (Å²) >= 11 is 0. The predicted molar refractivity (Wildman–Crippen MR) is 87.8 cm³/mol. The molecule has 0 saturated carbocycles. The van der Waals surface area contributed by atoms with Crippen molar-refractivity contribution in [1.29, 1.82) is 0 Å². The first-order valence-electron chi connectivity index (χ1n) is 7.66. The van der Waals surface area contributed by atoms with Crippen LogP contribution in [0.5, 0.6) is 5.75 Å². The molecule has 4 heteroatoms. The fraction of sp³-hybridized carbons (Fsp3) is 0.471. The van der Waals surface area contributed by atoms with Crippen LogP contribution in [0.25, 0.3) is 10.9 Å². The fourth-order valence-electron chi connectivity index (χ4n) is 2.41. The molecule has 0 spiro atoms. The summed E-state index contributed by atoms with van der Waals surface area (Å²) in [7, 11) is 1.93. The average Bonchev–Trinajstić information content (AvgIpc) is 2.52. The molecule has 21 heavy (non-hydrogen) atoms. The SMILES string of the molecule is CCN(CC)CCOc1cc(CNC)nc2ccccc12. The Morgan fingerprint density at radius 3 is 2.67 bits per heavy atom. The molecule has 0 amide bonds. The molecular formula is C17H25N3O. The normalized spacial score (nSPS) is 11.2. The molecule has 114 valence electrons.